The molecule has 128 valence electrons. The molecule has 0 spiro atoms. The standard InChI is InChI=1S/C18H22N2O3S/c1-4-23-16-7-5-14(11-12(16)2)15(21)6-8-17(22)20-13(3)18-19-9-10-24-18/h5,7,9-11,13H,4,6,8H2,1-3H3,(H,20,22)/t13-/m1/s1. The summed E-state index contributed by atoms with van der Waals surface area (Å²) in [5, 5.41) is 5.59. The number of hydrogen-bond acceptors (Lipinski definition) is 5. The number of aryl methyl sites for hydroxylation is 1. The van der Waals surface area contributed by atoms with Crippen LogP contribution in [0.4, 0.5) is 0 Å². The Morgan fingerprint density at radius 2 is 2.12 bits per heavy atom. The van der Waals surface area contributed by atoms with Gasteiger partial charge in [-0.25, -0.2) is 4.98 Å². The Morgan fingerprint density at radius 1 is 1.33 bits per heavy atom. The number of nitrogens with zero attached hydrogens (tertiary/aromatic N) is 1. The van der Waals surface area contributed by atoms with Crippen molar-refractivity contribution in [1.82, 2.24) is 10.3 Å². The lowest BCUT2D eigenvalue weighted by Gasteiger charge is -2.11. The predicted octanol–water partition coefficient (Wildman–Crippen LogP) is 3.69. The van der Waals surface area contributed by atoms with Crippen molar-refractivity contribution in [3.63, 3.8) is 0 Å². The van der Waals surface area contributed by atoms with Gasteiger partial charge in [0.2, 0.25) is 5.91 Å². The van der Waals surface area contributed by atoms with Crippen LogP contribution in [0.25, 0.3) is 0 Å². The van der Waals surface area contributed by atoms with Crippen LogP contribution in [0, 0.1) is 6.92 Å². The predicted molar refractivity (Wildman–Crippen MR) is 94.6 cm³/mol. The number of amides is 1. The molecule has 1 aromatic carbocycles. The highest BCUT2D eigenvalue weighted by Gasteiger charge is 2.14. The summed E-state index contributed by atoms with van der Waals surface area (Å²) in [7, 11) is 0. The van der Waals surface area contributed by atoms with Gasteiger partial charge in [0.05, 0.1) is 12.6 Å². The Hall–Kier alpha value is -2.21. The number of hydrogen-bond donors (Lipinski definition) is 1. The van der Waals surface area contributed by atoms with Gasteiger partial charge in [-0.2, -0.15) is 0 Å². The highest BCUT2D eigenvalue weighted by atomic mass is 32.1. The number of benzene rings is 1. The zero-order chi connectivity index (χ0) is 17.5. The van der Waals surface area contributed by atoms with Crippen molar-refractivity contribution in [3.05, 3.63) is 45.9 Å². The summed E-state index contributed by atoms with van der Waals surface area (Å²) in [5.41, 5.74) is 1.53. The maximum Gasteiger partial charge on any atom is 0.221 e. The number of thiazole rings is 1. The molecule has 1 N–H and O–H groups in total. The molecule has 1 atom stereocenters. The van der Waals surface area contributed by atoms with Crippen LogP contribution in [-0.2, 0) is 4.79 Å². The molecule has 0 unspecified atom stereocenters. The van der Waals surface area contributed by atoms with E-state index in [0.29, 0.717) is 12.2 Å². The highest BCUT2D eigenvalue weighted by molar-refractivity contribution is 7.09. The molecule has 0 saturated carbocycles. The van der Waals surface area contributed by atoms with Crippen LogP contribution in [0.3, 0.4) is 0 Å². The summed E-state index contributed by atoms with van der Waals surface area (Å²) < 4.78 is 5.47. The summed E-state index contributed by atoms with van der Waals surface area (Å²) in [5.74, 6) is 0.593. The first-order valence-corrected chi connectivity index (χ1v) is 8.84. The fourth-order valence-corrected chi connectivity index (χ4v) is 2.98. The second-order valence-electron chi connectivity index (χ2n) is 5.50. The smallest absolute Gasteiger partial charge is 0.221 e. The lowest BCUT2D eigenvalue weighted by Crippen LogP contribution is -2.26. The molecule has 6 heteroatoms. The molecule has 5 nitrogen and oxygen atoms in total. The van der Waals surface area contributed by atoms with E-state index in [1.54, 1.807) is 18.3 Å². The van der Waals surface area contributed by atoms with Gasteiger partial charge in [0.15, 0.2) is 5.78 Å². The summed E-state index contributed by atoms with van der Waals surface area (Å²) in [6, 6.07) is 5.22. The van der Waals surface area contributed by atoms with Crippen LogP contribution >= 0.6 is 11.3 Å². The molecular formula is C18H22N2O3S. The molecule has 0 fully saturated rings. The van der Waals surface area contributed by atoms with E-state index < -0.39 is 0 Å². The Kier molecular flexibility index (Phi) is 6.49. The third-order valence-electron chi connectivity index (χ3n) is 3.58. The molecule has 24 heavy (non-hydrogen) atoms. The van der Waals surface area contributed by atoms with E-state index in [2.05, 4.69) is 10.3 Å². The van der Waals surface area contributed by atoms with Crippen LogP contribution < -0.4 is 10.1 Å². The normalized spacial score (nSPS) is 11.8. The quantitative estimate of drug-likeness (QED) is 0.740. The van der Waals surface area contributed by atoms with Crippen LogP contribution in [0.1, 0.15) is 53.7 Å². The van der Waals surface area contributed by atoms with Gasteiger partial charge in [0, 0.05) is 30.0 Å². The first kappa shape index (κ1) is 18.1. The van der Waals surface area contributed by atoms with Crippen LogP contribution in [0.15, 0.2) is 29.8 Å². The minimum Gasteiger partial charge on any atom is -0.494 e. The van der Waals surface area contributed by atoms with Crippen molar-refractivity contribution in [2.75, 3.05) is 6.61 Å². The van der Waals surface area contributed by atoms with E-state index in [0.717, 1.165) is 16.3 Å². The number of carbonyl (C=O) groups is 2. The first-order chi connectivity index (χ1) is 11.5. The molecule has 0 aliphatic carbocycles. The first-order valence-electron chi connectivity index (χ1n) is 7.96. The van der Waals surface area contributed by atoms with Gasteiger partial charge < -0.3 is 10.1 Å². The maximum atomic E-state index is 12.3. The van der Waals surface area contributed by atoms with Crippen molar-refractivity contribution >= 4 is 23.0 Å². The molecular weight excluding hydrogens is 324 g/mol. The molecule has 0 radical (unpaired) electrons. The van der Waals surface area contributed by atoms with Crippen LogP contribution in [0.2, 0.25) is 0 Å². The SMILES string of the molecule is CCOc1ccc(C(=O)CCC(=O)N[C@H](C)c2nccs2)cc1C. The number of Topliss-reactive ketones (excluding diaryl/α,β-unsaturated/α-hetero) is 1. The van der Waals surface area contributed by atoms with Crippen molar-refractivity contribution < 1.29 is 14.3 Å². The van der Waals surface area contributed by atoms with E-state index >= 15 is 0 Å². The number of ketones is 1. The second-order valence-corrected chi connectivity index (χ2v) is 6.42. The fraction of sp³-hybridized carbons (Fsp3) is 0.389. The van der Waals surface area contributed by atoms with Gasteiger partial charge >= 0.3 is 0 Å². The summed E-state index contributed by atoms with van der Waals surface area (Å²) in [6.07, 6.45) is 2.06. The zero-order valence-corrected chi connectivity index (χ0v) is 15.0. The molecule has 0 aliphatic heterocycles. The zero-order valence-electron chi connectivity index (χ0n) is 14.2. The summed E-state index contributed by atoms with van der Waals surface area (Å²) in [6.45, 7) is 6.30. The number of ether oxygens (including phenoxy) is 1. The van der Waals surface area contributed by atoms with Gasteiger partial charge in [-0.05, 0) is 44.5 Å². The van der Waals surface area contributed by atoms with Gasteiger partial charge in [-0.15, -0.1) is 11.3 Å². The van der Waals surface area contributed by atoms with Crippen molar-refractivity contribution in [2.45, 2.75) is 39.7 Å². The lowest BCUT2D eigenvalue weighted by molar-refractivity contribution is -0.121. The van der Waals surface area contributed by atoms with Gasteiger partial charge in [-0.1, -0.05) is 0 Å². The molecule has 0 saturated heterocycles. The van der Waals surface area contributed by atoms with E-state index in [1.165, 1.54) is 11.3 Å². The molecule has 2 rings (SSSR count). The van der Waals surface area contributed by atoms with Gasteiger partial charge in [0.1, 0.15) is 10.8 Å². The van der Waals surface area contributed by atoms with Gasteiger partial charge in [0.25, 0.3) is 0 Å². The monoisotopic (exact) mass is 346 g/mol. The molecule has 1 aromatic heterocycles. The molecule has 1 amide bonds. The number of rotatable bonds is 8. The largest absolute Gasteiger partial charge is 0.494 e. The molecule has 2 aromatic rings. The Labute approximate surface area is 146 Å². The fourth-order valence-electron chi connectivity index (χ4n) is 2.34. The summed E-state index contributed by atoms with van der Waals surface area (Å²) >= 11 is 1.50. The lowest BCUT2D eigenvalue weighted by atomic mass is 10.0. The molecule has 0 bridgehead atoms. The van der Waals surface area contributed by atoms with E-state index in [9.17, 15) is 9.59 Å². The number of aromatic nitrogens is 1. The second kappa shape index (κ2) is 8.59. The minimum atomic E-state index is -0.145. The Balaban J connectivity index is 1.86. The topological polar surface area (TPSA) is 68.3 Å². The Bertz CT molecular complexity index is 698. The van der Waals surface area contributed by atoms with Crippen molar-refractivity contribution in [3.8, 4) is 5.75 Å². The average Bonchev–Trinajstić information content (AvgIpc) is 3.09. The van der Waals surface area contributed by atoms with Crippen molar-refractivity contribution in [1.29, 1.82) is 0 Å². The third kappa shape index (κ3) is 4.89. The Morgan fingerprint density at radius 3 is 2.75 bits per heavy atom. The molecule has 0 aliphatic rings. The maximum absolute atomic E-state index is 12.3. The number of carbonyl (C=O) groups excluding carboxylic acids is 2. The van der Waals surface area contributed by atoms with Crippen molar-refractivity contribution in [2.24, 2.45) is 0 Å². The number of nitrogens with one attached hydrogen (secondary N) is 1. The van der Waals surface area contributed by atoms with E-state index in [4.69, 9.17) is 4.74 Å². The molecule has 1 heterocycles. The van der Waals surface area contributed by atoms with Crippen LogP contribution in [-0.4, -0.2) is 23.3 Å². The average molecular weight is 346 g/mol. The minimum absolute atomic E-state index is 0.0433. The summed E-state index contributed by atoms with van der Waals surface area (Å²) in [4.78, 5) is 28.4. The third-order valence-corrected chi connectivity index (χ3v) is 4.53. The van der Waals surface area contributed by atoms with E-state index in [-0.39, 0.29) is 30.6 Å². The van der Waals surface area contributed by atoms with Gasteiger partial charge in [-0.3, -0.25) is 9.59 Å². The van der Waals surface area contributed by atoms with Crippen LogP contribution in [0.5, 0.6) is 5.75 Å². The van der Waals surface area contributed by atoms with E-state index in [1.807, 2.05) is 32.2 Å². The highest BCUT2D eigenvalue weighted by Crippen LogP contribution is 2.20.